The third-order valence-electron chi connectivity index (χ3n) is 5.95. The van der Waals surface area contributed by atoms with Crippen LogP contribution in [0.4, 0.5) is 19.0 Å². The second-order valence-electron chi connectivity index (χ2n) is 8.68. The Morgan fingerprint density at radius 2 is 1.94 bits per heavy atom. The number of nitrogens with one attached hydrogen (secondary N) is 1. The minimum atomic E-state index is -4.66. The molecular weight excluding hydrogens is 467 g/mol. The van der Waals surface area contributed by atoms with E-state index in [1.165, 1.54) is 4.90 Å². The maximum Gasteiger partial charge on any atom is 0.433 e. The maximum absolute atomic E-state index is 13.2. The van der Waals surface area contributed by atoms with Crippen molar-refractivity contribution >= 4 is 23.7 Å². The average Bonchev–Trinajstić information content (AvgIpc) is 3.64. The summed E-state index contributed by atoms with van der Waals surface area (Å²) in [6.45, 7) is 0.525. The van der Waals surface area contributed by atoms with Gasteiger partial charge in [0.1, 0.15) is 11.5 Å². The van der Waals surface area contributed by atoms with Gasteiger partial charge in [0.2, 0.25) is 5.91 Å². The summed E-state index contributed by atoms with van der Waals surface area (Å²) in [5, 5.41) is 12.2. The molecule has 35 heavy (non-hydrogen) atoms. The van der Waals surface area contributed by atoms with Gasteiger partial charge in [-0.05, 0) is 42.5 Å². The van der Waals surface area contributed by atoms with Gasteiger partial charge < -0.3 is 20.1 Å². The number of rotatable bonds is 7. The van der Waals surface area contributed by atoms with Crippen LogP contribution >= 0.6 is 0 Å². The monoisotopic (exact) mass is 491 g/mol. The van der Waals surface area contributed by atoms with Crippen LogP contribution in [0.5, 0.6) is 0 Å². The van der Waals surface area contributed by atoms with Crippen molar-refractivity contribution in [3.8, 4) is 0 Å². The van der Waals surface area contributed by atoms with Gasteiger partial charge >= 0.3 is 18.1 Å². The minimum Gasteiger partial charge on any atom is -0.481 e. The van der Waals surface area contributed by atoms with E-state index in [0.717, 1.165) is 25.0 Å². The lowest BCUT2D eigenvalue weighted by molar-refractivity contribution is -0.142. The van der Waals surface area contributed by atoms with Crippen LogP contribution in [0.3, 0.4) is 0 Å². The van der Waals surface area contributed by atoms with Gasteiger partial charge in [0.15, 0.2) is 0 Å². The SMILES string of the molecule is O=C(O)C[C@@H]1c2ccc(C(F)(F)F)nc2NCCN1C(=O)Cc1cccc(C(=O)OCC2CC2)c1. The molecule has 4 rings (SSSR count). The summed E-state index contributed by atoms with van der Waals surface area (Å²) in [7, 11) is 0. The first-order valence-corrected chi connectivity index (χ1v) is 11.2. The summed E-state index contributed by atoms with van der Waals surface area (Å²) in [6.07, 6.45) is -3.20. The predicted octanol–water partition coefficient (Wildman–Crippen LogP) is 3.68. The number of carboxylic acid groups (broad SMARTS) is 1. The first-order chi connectivity index (χ1) is 16.6. The molecule has 1 saturated carbocycles. The molecule has 0 saturated heterocycles. The molecule has 1 aliphatic carbocycles. The summed E-state index contributed by atoms with van der Waals surface area (Å²) >= 11 is 0. The highest BCUT2D eigenvalue weighted by atomic mass is 19.4. The molecule has 8 nitrogen and oxygen atoms in total. The fraction of sp³-hybridized carbons (Fsp3) is 0.417. The van der Waals surface area contributed by atoms with Crippen LogP contribution in [-0.2, 0) is 26.9 Å². The lowest BCUT2D eigenvalue weighted by Crippen LogP contribution is -2.38. The molecule has 1 atom stereocenters. The number of amides is 1. The summed E-state index contributed by atoms with van der Waals surface area (Å²) in [6, 6.07) is 7.38. The summed E-state index contributed by atoms with van der Waals surface area (Å²) in [5.41, 5.74) is -0.0654. The number of esters is 1. The Balaban J connectivity index is 1.54. The fourth-order valence-electron chi connectivity index (χ4n) is 3.99. The zero-order chi connectivity index (χ0) is 25.2. The molecule has 186 valence electrons. The third-order valence-corrected chi connectivity index (χ3v) is 5.95. The van der Waals surface area contributed by atoms with Crippen molar-refractivity contribution in [3.05, 3.63) is 58.8 Å². The molecular formula is C24H24F3N3O5. The number of aliphatic carboxylic acids is 1. The Kier molecular flexibility index (Phi) is 6.95. The van der Waals surface area contributed by atoms with E-state index in [1.807, 2.05) is 0 Å². The smallest absolute Gasteiger partial charge is 0.433 e. The van der Waals surface area contributed by atoms with E-state index in [-0.39, 0.29) is 30.9 Å². The highest BCUT2D eigenvalue weighted by Gasteiger charge is 2.36. The van der Waals surface area contributed by atoms with Crippen molar-refractivity contribution in [2.45, 2.75) is 37.9 Å². The summed E-state index contributed by atoms with van der Waals surface area (Å²) in [5.74, 6) is -1.79. The van der Waals surface area contributed by atoms with Gasteiger partial charge in [-0.2, -0.15) is 13.2 Å². The fourth-order valence-corrected chi connectivity index (χ4v) is 3.99. The number of nitrogens with zero attached hydrogens (tertiary/aromatic N) is 2. The average molecular weight is 491 g/mol. The Morgan fingerprint density at radius 1 is 1.17 bits per heavy atom. The molecule has 1 amide bonds. The quantitative estimate of drug-likeness (QED) is 0.569. The van der Waals surface area contributed by atoms with E-state index in [0.29, 0.717) is 23.7 Å². The number of ether oxygens (including phenoxy) is 1. The number of hydrogen-bond acceptors (Lipinski definition) is 6. The number of fused-ring (bicyclic) bond motifs is 1. The number of carboxylic acids is 1. The van der Waals surface area contributed by atoms with Crippen LogP contribution in [0.1, 0.15) is 52.5 Å². The molecule has 2 heterocycles. The van der Waals surface area contributed by atoms with Gasteiger partial charge in [0, 0.05) is 18.7 Å². The standard InChI is InChI=1S/C24H24F3N3O5/c25-24(26,27)19-7-6-17-18(12-21(32)33)30(9-8-28-22(17)29-19)20(31)11-15-2-1-3-16(10-15)23(34)35-13-14-4-5-14/h1-3,6-7,10,14,18H,4-5,8-9,11-13H2,(H,28,29)(H,32,33)/t18-/m1/s1. The van der Waals surface area contributed by atoms with E-state index < -0.39 is 42.2 Å². The largest absolute Gasteiger partial charge is 0.481 e. The number of benzene rings is 1. The van der Waals surface area contributed by atoms with Crippen LogP contribution < -0.4 is 5.32 Å². The molecule has 0 unspecified atom stereocenters. The van der Waals surface area contributed by atoms with Crippen molar-refractivity contribution in [3.63, 3.8) is 0 Å². The number of aromatic nitrogens is 1. The summed E-state index contributed by atoms with van der Waals surface area (Å²) < 4.78 is 44.6. The number of alkyl halides is 3. The topological polar surface area (TPSA) is 109 Å². The number of pyridine rings is 1. The summed E-state index contributed by atoms with van der Waals surface area (Å²) in [4.78, 5) is 42.1. The number of carbonyl (C=O) groups excluding carboxylic acids is 2. The predicted molar refractivity (Wildman–Crippen MR) is 118 cm³/mol. The van der Waals surface area contributed by atoms with E-state index in [4.69, 9.17) is 4.74 Å². The van der Waals surface area contributed by atoms with Crippen LogP contribution in [0.25, 0.3) is 0 Å². The Labute approximate surface area is 199 Å². The molecule has 1 aromatic heterocycles. The zero-order valence-corrected chi connectivity index (χ0v) is 18.7. The van der Waals surface area contributed by atoms with Crippen molar-refractivity contribution in [2.75, 3.05) is 25.0 Å². The normalized spacial score (nSPS) is 17.7. The van der Waals surface area contributed by atoms with Gasteiger partial charge in [0.05, 0.1) is 31.1 Å². The minimum absolute atomic E-state index is 0.0671. The molecule has 11 heteroatoms. The van der Waals surface area contributed by atoms with Crippen LogP contribution in [-0.4, -0.2) is 52.5 Å². The van der Waals surface area contributed by atoms with Gasteiger partial charge in [-0.1, -0.05) is 18.2 Å². The highest BCUT2D eigenvalue weighted by molar-refractivity contribution is 5.90. The molecule has 1 aromatic carbocycles. The molecule has 0 bridgehead atoms. The first-order valence-electron chi connectivity index (χ1n) is 11.2. The van der Waals surface area contributed by atoms with Crippen LogP contribution in [0.2, 0.25) is 0 Å². The lowest BCUT2D eigenvalue weighted by Gasteiger charge is -2.29. The Morgan fingerprint density at radius 3 is 2.63 bits per heavy atom. The van der Waals surface area contributed by atoms with Crippen LogP contribution in [0.15, 0.2) is 36.4 Å². The van der Waals surface area contributed by atoms with Crippen molar-refractivity contribution in [2.24, 2.45) is 5.92 Å². The van der Waals surface area contributed by atoms with Gasteiger partial charge in [-0.3, -0.25) is 9.59 Å². The van der Waals surface area contributed by atoms with Gasteiger partial charge in [-0.15, -0.1) is 0 Å². The first kappa shape index (κ1) is 24.5. The highest BCUT2D eigenvalue weighted by Crippen LogP contribution is 2.36. The maximum atomic E-state index is 13.2. The Bertz CT molecular complexity index is 1130. The zero-order valence-electron chi connectivity index (χ0n) is 18.7. The number of carbonyl (C=O) groups is 3. The number of hydrogen-bond donors (Lipinski definition) is 2. The molecule has 1 aliphatic heterocycles. The molecule has 2 aliphatic rings. The molecule has 1 fully saturated rings. The lowest BCUT2D eigenvalue weighted by atomic mass is 10.0. The van der Waals surface area contributed by atoms with Crippen LogP contribution in [0, 0.1) is 5.92 Å². The van der Waals surface area contributed by atoms with E-state index in [9.17, 15) is 32.7 Å². The van der Waals surface area contributed by atoms with Gasteiger partial charge in [-0.25, -0.2) is 9.78 Å². The Hall–Kier alpha value is -3.63. The molecule has 0 radical (unpaired) electrons. The van der Waals surface area contributed by atoms with Gasteiger partial charge in [0.25, 0.3) is 0 Å². The molecule has 2 aromatic rings. The van der Waals surface area contributed by atoms with E-state index >= 15 is 0 Å². The van der Waals surface area contributed by atoms with Crippen molar-refractivity contribution in [1.29, 1.82) is 0 Å². The van der Waals surface area contributed by atoms with E-state index in [2.05, 4.69) is 10.3 Å². The number of anilines is 1. The molecule has 0 spiro atoms. The van der Waals surface area contributed by atoms with E-state index in [1.54, 1.807) is 24.3 Å². The second-order valence-corrected chi connectivity index (χ2v) is 8.68. The third kappa shape index (κ3) is 6.09. The number of halogens is 3. The van der Waals surface area contributed by atoms with Crippen molar-refractivity contribution < 1.29 is 37.4 Å². The molecule has 2 N–H and O–H groups in total. The second kappa shape index (κ2) is 9.93. The van der Waals surface area contributed by atoms with Crippen molar-refractivity contribution in [1.82, 2.24) is 9.88 Å².